The van der Waals surface area contributed by atoms with Crippen molar-refractivity contribution in [1.82, 2.24) is 14.6 Å². The zero-order valence-electron chi connectivity index (χ0n) is 18.9. The van der Waals surface area contributed by atoms with Gasteiger partial charge in [0.05, 0.1) is 19.3 Å². The first-order valence-electron chi connectivity index (χ1n) is 10.7. The lowest BCUT2D eigenvalue weighted by atomic mass is 9.85. The number of rotatable bonds is 6. The van der Waals surface area contributed by atoms with Crippen LogP contribution in [0.4, 0.5) is 0 Å². The number of aromatic amines is 1. The molecule has 0 aliphatic carbocycles. The van der Waals surface area contributed by atoms with Crippen molar-refractivity contribution in [3.63, 3.8) is 0 Å². The number of carbonyl (C=O) groups is 1. The van der Waals surface area contributed by atoms with Gasteiger partial charge >= 0.3 is 0 Å². The zero-order chi connectivity index (χ0) is 22.8. The predicted molar refractivity (Wildman–Crippen MR) is 121 cm³/mol. The topological polar surface area (TPSA) is 91.5 Å². The Morgan fingerprint density at radius 1 is 1.13 bits per heavy atom. The van der Waals surface area contributed by atoms with E-state index in [0.717, 1.165) is 5.56 Å². The minimum absolute atomic E-state index is 0.0573. The number of nitrogens with zero attached hydrogens (tertiary/aromatic N) is 1. The quantitative estimate of drug-likeness (QED) is 0.709. The normalized spacial score (nSPS) is 17.0. The second-order valence-electron chi connectivity index (χ2n) is 9.33. The van der Waals surface area contributed by atoms with E-state index >= 15 is 0 Å². The smallest absolute Gasteiger partial charge is 0.268 e. The van der Waals surface area contributed by atoms with Gasteiger partial charge in [0.1, 0.15) is 10.6 Å². The summed E-state index contributed by atoms with van der Waals surface area (Å²) < 4.78 is 32.2. The Bertz CT molecular complexity index is 998. The molecule has 1 amide bonds. The highest BCUT2D eigenvalue weighted by atomic mass is 32.2. The fourth-order valence-corrected chi connectivity index (χ4v) is 5.04. The van der Waals surface area contributed by atoms with E-state index in [4.69, 9.17) is 4.74 Å². The van der Waals surface area contributed by atoms with Gasteiger partial charge in [-0.15, -0.1) is 0 Å². The molecular weight excluding hydrogens is 414 g/mol. The molecule has 1 aromatic carbocycles. The molecule has 0 bridgehead atoms. The highest BCUT2D eigenvalue weighted by Gasteiger charge is 2.28. The van der Waals surface area contributed by atoms with Crippen LogP contribution in [0.25, 0.3) is 0 Å². The van der Waals surface area contributed by atoms with E-state index in [0.29, 0.717) is 26.3 Å². The van der Waals surface area contributed by atoms with E-state index < -0.39 is 10.0 Å². The van der Waals surface area contributed by atoms with Crippen molar-refractivity contribution in [2.45, 2.75) is 51.0 Å². The molecule has 170 valence electrons. The van der Waals surface area contributed by atoms with E-state index in [1.807, 2.05) is 13.8 Å². The summed E-state index contributed by atoms with van der Waals surface area (Å²) in [4.78, 5) is 15.8. The molecule has 1 aromatic heterocycles. The first-order chi connectivity index (χ1) is 14.5. The molecule has 2 heterocycles. The van der Waals surface area contributed by atoms with Gasteiger partial charge in [0.15, 0.2) is 0 Å². The lowest BCUT2D eigenvalue weighted by molar-refractivity contribution is 0.0730. The number of sulfonamides is 1. The van der Waals surface area contributed by atoms with Gasteiger partial charge in [0.2, 0.25) is 10.0 Å². The third kappa shape index (κ3) is 5.37. The summed E-state index contributed by atoms with van der Waals surface area (Å²) in [5.41, 5.74) is 2.53. The van der Waals surface area contributed by atoms with Crippen LogP contribution in [0.2, 0.25) is 0 Å². The average Bonchev–Trinajstić information content (AvgIpc) is 3.23. The molecule has 1 aliphatic heterocycles. The molecule has 1 aliphatic rings. The maximum absolute atomic E-state index is 12.9. The molecule has 2 aromatic rings. The number of nitrogens with one attached hydrogen (secondary N) is 2. The Morgan fingerprint density at radius 3 is 2.29 bits per heavy atom. The number of morpholine rings is 1. The van der Waals surface area contributed by atoms with Crippen LogP contribution in [0.1, 0.15) is 62.3 Å². The fourth-order valence-electron chi connectivity index (χ4n) is 3.63. The van der Waals surface area contributed by atoms with Gasteiger partial charge in [-0.25, -0.2) is 8.42 Å². The minimum atomic E-state index is -3.65. The Kier molecular flexibility index (Phi) is 6.93. The molecule has 1 fully saturated rings. The van der Waals surface area contributed by atoms with Gasteiger partial charge in [-0.3, -0.25) is 4.79 Å². The molecule has 8 heteroatoms. The van der Waals surface area contributed by atoms with Crippen LogP contribution in [0.5, 0.6) is 0 Å². The van der Waals surface area contributed by atoms with Crippen molar-refractivity contribution in [1.29, 1.82) is 0 Å². The van der Waals surface area contributed by atoms with Crippen LogP contribution >= 0.6 is 0 Å². The Hall–Kier alpha value is -2.16. The summed E-state index contributed by atoms with van der Waals surface area (Å²) in [6.45, 7) is 12.0. The largest absolute Gasteiger partial charge is 0.379 e. The van der Waals surface area contributed by atoms with Crippen LogP contribution in [-0.2, 0) is 20.2 Å². The van der Waals surface area contributed by atoms with Gasteiger partial charge in [-0.1, -0.05) is 58.9 Å². The summed E-state index contributed by atoms with van der Waals surface area (Å²) in [7, 11) is -3.65. The van der Waals surface area contributed by atoms with Crippen LogP contribution in [0, 0.1) is 5.92 Å². The Balaban J connectivity index is 1.76. The molecule has 0 saturated carbocycles. The van der Waals surface area contributed by atoms with Gasteiger partial charge in [-0.2, -0.15) is 4.31 Å². The van der Waals surface area contributed by atoms with Crippen LogP contribution in [0.3, 0.4) is 0 Å². The van der Waals surface area contributed by atoms with Crippen molar-refractivity contribution in [3.05, 3.63) is 53.3 Å². The number of carbonyl (C=O) groups excluding carboxylic acids is 1. The first kappa shape index (κ1) is 23.5. The number of amides is 1. The van der Waals surface area contributed by atoms with E-state index in [-0.39, 0.29) is 33.9 Å². The van der Waals surface area contributed by atoms with Crippen molar-refractivity contribution < 1.29 is 17.9 Å². The van der Waals surface area contributed by atoms with Crippen molar-refractivity contribution in [2.24, 2.45) is 5.92 Å². The van der Waals surface area contributed by atoms with E-state index in [1.165, 1.54) is 22.1 Å². The molecule has 2 N–H and O–H groups in total. The van der Waals surface area contributed by atoms with E-state index in [9.17, 15) is 13.2 Å². The summed E-state index contributed by atoms with van der Waals surface area (Å²) in [5, 5.41) is 3.05. The molecule has 7 nitrogen and oxygen atoms in total. The highest BCUT2D eigenvalue weighted by molar-refractivity contribution is 7.89. The van der Waals surface area contributed by atoms with E-state index in [1.54, 1.807) is 0 Å². The van der Waals surface area contributed by atoms with Gasteiger partial charge in [0.25, 0.3) is 5.91 Å². The van der Waals surface area contributed by atoms with Crippen LogP contribution < -0.4 is 5.32 Å². The number of hydrogen-bond donors (Lipinski definition) is 2. The fraction of sp³-hybridized carbons (Fsp3) is 0.522. The molecule has 31 heavy (non-hydrogen) atoms. The third-order valence-corrected chi connectivity index (χ3v) is 7.47. The van der Waals surface area contributed by atoms with Crippen molar-refractivity contribution in [3.8, 4) is 0 Å². The lowest BCUT2D eigenvalue weighted by Gasteiger charge is -2.25. The number of H-pyrrole nitrogens is 1. The summed E-state index contributed by atoms with van der Waals surface area (Å²) in [6, 6.07) is 9.50. The standard InChI is InChI=1S/C23H33N3O4S/c1-16(2)21(17-6-8-18(9-7-17)23(3,4)5)25-22(27)20-14-19(15-24-20)31(28,29)26-10-12-30-13-11-26/h6-9,14-16,21,24H,10-13H2,1-5H3,(H,25,27). The number of hydrogen-bond acceptors (Lipinski definition) is 4. The zero-order valence-corrected chi connectivity index (χ0v) is 19.8. The Morgan fingerprint density at radius 2 is 1.74 bits per heavy atom. The van der Waals surface area contributed by atoms with E-state index in [2.05, 4.69) is 55.3 Å². The lowest BCUT2D eigenvalue weighted by Crippen LogP contribution is -2.40. The SMILES string of the molecule is CC(C)C(NC(=O)c1cc(S(=O)(=O)N2CCOCC2)c[nH]1)c1ccc(C(C)(C)C)cc1. The first-order valence-corrected chi connectivity index (χ1v) is 12.1. The summed E-state index contributed by atoms with van der Waals surface area (Å²) >= 11 is 0. The Labute approximate surface area is 185 Å². The van der Waals surface area contributed by atoms with Gasteiger partial charge in [0, 0.05) is 19.3 Å². The minimum Gasteiger partial charge on any atom is -0.379 e. The molecule has 1 saturated heterocycles. The number of benzene rings is 1. The second kappa shape index (κ2) is 9.14. The summed E-state index contributed by atoms with van der Waals surface area (Å²) in [6.07, 6.45) is 1.38. The maximum Gasteiger partial charge on any atom is 0.268 e. The molecule has 3 rings (SSSR count). The van der Waals surface area contributed by atoms with Gasteiger partial charge in [-0.05, 0) is 28.5 Å². The molecule has 1 unspecified atom stereocenters. The number of ether oxygens (including phenoxy) is 1. The highest BCUT2D eigenvalue weighted by Crippen LogP contribution is 2.27. The second-order valence-corrected chi connectivity index (χ2v) is 11.3. The van der Waals surface area contributed by atoms with Crippen molar-refractivity contribution in [2.75, 3.05) is 26.3 Å². The van der Waals surface area contributed by atoms with Crippen LogP contribution in [-0.4, -0.2) is 49.9 Å². The summed E-state index contributed by atoms with van der Waals surface area (Å²) in [5.74, 6) is -0.169. The maximum atomic E-state index is 12.9. The average molecular weight is 448 g/mol. The third-order valence-electron chi connectivity index (χ3n) is 5.60. The number of aromatic nitrogens is 1. The monoisotopic (exact) mass is 447 g/mol. The van der Waals surface area contributed by atoms with Gasteiger partial charge < -0.3 is 15.0 Å². The predicted octanol–water partition coefficient (Wildman–Crippen LogP) is 3.46. The molecular formula is C23H33N3O4S. The molecule has 1 atom stereocenters. The molecule has 0 radical (unpaired) electrons. The van der Waals surface area contributed by atoms with Crippen molar-refractivity contribution >= 4 is 15.9 Å². The molecule has 0 spiro atoms. The van der Waals surface area contributed by atoms with Crippen LogP contribution in [0.15, 0.2) is 41.4 Å².